The average Bonchev–Trinajstić information content (AvgIpc) is 3.25. The molecule has 5 nitrogen and oxygen atoms in total. The monoisotopic (exact) mass is 389 g/mol. The predicted octanol–water partition coefficient (Wildman–Crippen LogP) is 4.67. The molecule has 2 aromatic heterocycles. The molecule has 1 atom stereocenters. The Bertz CT molecular complexity index is 882. The Hall–Kier alpha value is -2.31. The zero-order valence-corrected chi connectivity index (χ0v) is 16.4. The molecule has 7 heteroatoms. The van der Waals surface area contributed by atoms with Crippen LogP contribution in [0.4, 0.5) is 5.82 Å². The second-order valence-electron chi connectivity index (χ2n) is 6.07. The average molecular weight is 390 g/mol. The second-order valence-corrected chi connectivity index (χ2v) is 7.48. The molecule has 0 spiro atoms. The van der Waals surface area contributed by atoms with E-state index in [1.165, 1.54) is 4.88 Å². The van der Waals surface area contributed by atoms with Crippen molar-refractivity contribution >= 4 is 34.7 Å². The van der Waals surface area contributed by atoms with Gasteiger partial charge in [0.1, 0.15) is 11.6 Å². The van der Waals surface area contributed by atoms with Gasteiger partial charge in [-0.3, -0.25) is 4.79 Å². The van der Waals surface area contributed by atoms with Crippen LogP contribution in [0.25, 0.3) is 0 Å². The number of carbonyl (C=O) groups excluding carboxylic acids is 1. The number of aryl methyl sites for hydroxylation is 2. The Kier molecular flexibility index (Phi) is 5.64. The molecule has 0 fully saturated rings. The fourth-order valence-corrected chi connectivity index (χ4v) is 3.37. The summed E-state index contributed by atoms with van der Waals surface area (Å²) < 4.78 is 7.55. The summed E-state index contributed by atoms with van der Waals surface area (Å²) in [6.07, 6.45) is 1.01. The Labute approximate surface area is 161 Å². The smallest absolute Gasteiger partial charge is 0.266 e. The van der Waals surface area contributed by atoms with Gasteiger partial charge in [0.2, 0.25) is 0 Å². The molecule has 136 valence electrons. The summed E-state index contributed by atoms with van der Waals surface area (Å²) in [7, 11) is 0. The molecule has 0 saturated heterocycles. The van der Waals surface area contributed by atoms with E-state index in [2.05, 4.69) is 10.4 Å². The van der Waals surface area contributed by atoms with Crippen LogP contribution in [0.3, 0.4) is 0 Å². The summed E-state index contributed by atoms with van der Waals surface area (Å²) in [5.74, 6) is 1.03. The van der Waals surface area contributed by atoms with E-state index in [0.29, 0.717) is 23.1 Å². The minimum atomic E-state index is -0.653. The second kappa shape index (κ2) is 7.93. The van der Waals surface area contributed by atoms with Gasteiger partial charge in [0.25, 0.3) is 5.91 Å². The number of thiophene rings is 1. The molecule has 3 aromatic rings. The summed E-state index contributed by atoms with van der Waals surface area (Å²) in [6.45, 7) is 6.16. The molecule has 0 aliphatic heterocycles. The Balaban J connectivity index is 1.66. The highest BCUT2D eigenvalue weighted by atomic mass is 35.5. The van der Waals surface area contributed by atoms with Crippen LogP contribution in [-0.2, 0) is 11.3 Å². The summed E-state index contributed by atoms with van der Waals surface area (Å²) in [5, 5.41) is 9.88. The van der Waals surface area contributed by atoms with Crippen molar-refractivity contribution in [2.75, 3.05) is 5.32 Å². The Morgan fingerprint density at radius 2 is 2.08 bits per heavy atom. The summed E-state index contributed by atoms with van der Waals surface area (Å²) >= 11 is 7.83. The quantitative estimate of drug-likeness (QED) is 0.666. The van der Waals surface area contributed by atoms with Crippen LogP contribution in [0.1, 0.15) is 22.9 Å². The van der Waals surface area contributed by atoms with Crippen LogP contribution in [0.5, 0.6) is 5.75 Å². The molecule has 2 heterocycles. The normalized spacial score (nSPS) is 12.0. The molecule has 26 heavy (non-hydrogen) atoms. The third-order valence-corrected chi connectivity index (χ3v) is 5.40. The standard InChI is InChI=1S/C19H20ClN3O2S/c1-12-9-15(10-13(2)18(12)20)25-14(3)19(24)22-17-6-7-21-23(17)11-16-5-4-8-26-16/h4-10,14H,11H2,1-3H3,(H,22,24)/t14-/m1/s1. The SMILES string of the molecule is Cc1cc(O[C@H](C)C(=O)Nc2ccnn2Cc2cccs2)cc(C)c1Cl. The van der Waals surface area contributed by atoms with Gasteiger partial charge in [-0.1, -0.05) is 17.7 Å². The number of ether oxygens (including phenoxy) is 1. The molecular weight excluding hydrogens is 370 g/mol. The van der Waals surface area contributed by atoms with E-state index < -0.39 is 6.10 Å². The maximum absolute atomic E-state index is 12.5. The predicted molar refractivity (Wildman–Crippen MR) is 105 cm³/mol. The highest BCUT2D eigenvalue weighted by Gasteiger charge is 2.17. The number of nitrogens with one attached hydrogen (secondary N) is 1. The first-order valence-electron chi connectivity index (χ1n) is 8.22. The zero-order chi connectivity index (χ0) is 18.7. The van der Waals surface area contributed by atoms with Crippen molar-refractivity contribution in [3.05, 3.63) is 62.9 Å². The lowest BCUT2D eigenvalue weighted by Gasteiger charge is -2.16. The minimum Gasteiger partial charge on any atom is -0.481 e. The lowest BCUT2D eigenvalue weighted by atomic mass is 10.1. The van der Waals surface area contributed by atoms with Crippen LogP contribution in [0.15, 0.2) is 41.9 Å². The molecular formula is C19H20ClN3O2S. The first-order chi connectivity index (χ1) is 12.4. The number of hydrogen-bond acceptors (Lipinski definition) is 4. The number of benzene rings is 1. The van der Waals surface area contributed by atoms with Gasteiger partial charge in [0.05, 0.1) is 12.7 Å². The molecule has 0 radical (unpaired) electrons. The number of hydrogen-bond donors (Lipinski definition) is 1. The van der Waals surface area contributed by atoms with Gasteiger partial charge in [-0.15, -0.1) is 11.3 Å². The Morgan fingerprint density at radius 3 is 2.73 bits per heavy atom. The van der Waals surface area contributed by atoms with Gasteiger partial charge >= 0.3 is 0 Å². The van der Waals surface area contributed by atoms with Crippen molar-refractivity contribution in [1.29, 1.82) is 0 Å². The fraction of sp³-hybridized carbons (Fsp3) is 0.263. The summed E-state index contributed by atoms with van der Waals surface area (Å²) in [5.41, 5.74) is 1.84. The van der Waals surface area contributed by atoms with Crippen molar-refractivity contribution in [2.45, 2.75) is 33.4 Å². The largest absolute Gasteiger partial charge is 0.481 e. The van der Waals surface area contributed by atoms with Crippen LogP contribution < -0.4 is 10.1 Å². The van der Waals surface area contributed by atoms with Crippen molar-refractivity contribution in [1.82, 2.24) is 9.78 Å². The molecule has 1 N–H and O–H groups in total. The van der Waals surface area contributed by atoms with E-state index in [9.17, 15) is 4.79 Å². The number of nitrogens with zero attached hydrogens (tertiary/aromatic N) is 2. The number of anilines is 1. The molecule has 0 bridgehead atoms. The number of amides is 1. The van der Waals surface area contributed by atoms with Crippen molar-refractivity contribution in [3.63, 3.8) is 0 Å². The highest BCUT2D eigenvalue weighted by Crippen LogP contribution is 2.26. The molecule has 0 aliphatic rings. The van der Waals surface area contributed by atoms with Gasteiger partial charge in [-0.05, 0) is 55.5 Å². The topological polar surface area (TPSA) is 56.1 Å². The number of carbonyl (C=O) groups is 1. The number of rotatable bonds is 6. The maximum atomic E-state index is 12.5. The minimum absolute atomic E-state index is 0.233. The third kappa shape index (κ3) is 4.26. The first kappa shape index (κ1) is 18.5. The van der Waals surface area contributed by atoms with Crippen LogP contribution in [0.2, 0.25) is 5.02 Å². The van der Waals surface area contributed by atoms with Gasteiger partial charge in [-0.2, -0.15) is 5.10 Å². The summed E-state index contributed by atoms with van der Waals surface area (Å²) in [4.78, 5) is 13.7. The van der Waals surface area contributed by atoms with Gasteiger partial charge < -0.3 is 10.1 Å². The van der Waals surface area contributed by atoms with Crippen LogP contribution in [-0.4, -0.2) is 21.8 Å². The first-order valence-corrected chi connectivity index (χ1v) is 9.48. The third-order valence-electron chi connectivity index (χ3n) is 3.95. The van der Waals surface area contributed by atoms with Crippen LogP contribution in [0, 0.1) is 13.8 Å². The molecule has 0 aliphatic carbocycles. The van der Waals surface area contributed by atoms with E-state index in [1.807, 2.05) is 43.5 Å². The van der Waals surface area contributed by atoms with Crippen molar-refractivity contribution < 1.29 is 9.53 Å². The molecule has 0 saturated carbocycles. The molecule has 0 unspecified atom stereocenters. The summed E-state index contributed by atoms with van der Waals surface area (Å²) in [6, 6.07) is 9.47. The van der Waals surface area contributed by atoms with Gasteiger partial charge in [0, 0.05) is 16.0 Å². The lowest BCUT2D eigenvalue weighted by molar-refractivity contribution is -0.122. The van der Waals surface area contributed by atoms with Gasteiger partial charge in [0.15, 0.2) is 6.10 Å². The van der Waals surface area contributed by atoms with Crippen molar-refractivity contribution in [3.8, 4) is 5.75 Å². The van der Waals surface area contributed by atoms with Crippen LogP contribution >= 0.6 is 22.9 Å². The number of aromatic nitrogens is 2. The van der Waals surface area contributed by atoms with Gasteiger partial charge in [-0.25, -0.2) is 4.68 Å². The molecule has 1 aromatic carbocycles. The highest BCUT2D eigenvalue weighted by molar-refractivity contribution is 7.09. The van der Waals surface area contributed by atoms with E-state index in [4.69, 9.17) is 16.3 Å². The maximum Gasteiger partial charge on any atom is 0.266 e. The van der Waals surface area contributed by atoms with E-state index in [1.54, 1.807) is 35.2 Å². The Morgan fingerprint density at radius 1 is 1.35 bits per heavy atom. The van der Waals surface area contributed by atoms with E-state index in [-0.39, 0.29) is 5.91 Å². The van der Waals surface area contributed by atoms with E-state index in [0.717, 1.165) is 11.1 Å². The molecule has 1 amide bonds. The number of halogens is 1. The lowest BCUT2D eigenvalue weighted by Crippen LogP contribution is -2.31. The fourth-order valence-electron chi connectivity index (χ4n) is 2.57. The zero-order valence-electron chi connectivity index (χ0n) is 14.8. The van der Waals surface area contributed by atoms with E-state index >= 15 is 0 Å². The molecule has 3 rings (SSSR count). The van der Waals surface area contributed by atoms with Crippen molar-refractivity contribution in [2.24, 2.45) is 0 Å².